The first-order chi connectivity index (χ1) is 8.13. The van der Waals surface area contributed by atoms with Crippen LogP contribution in [-0.2, 0) is 9.53 Å². The molecule has 3 nitrogen and oxygen atoms in total. The molecule has 0 aromatic rings. The Morgan fingerprint density at radius 2 is 2.00 bits per heavy atom. The number of hydrogen-bond acceptors (Lipinski definition) is 2. The van der Waals surface area contributed by atoms with Gasteiger partial charge in [0, 0.05) is 26.6 Å². The highest BCUT2D eigenvalue weighted by molar-refractivity contribution is 5.76. The van der Waals surface area contributed by atoms with Crippen molar-refractivity contribution in [1.82, 2.24) is 4.90 Å². The summed E-state index contributed by atoms with van der Waals surface area (Å²) in [6, 6.07) is 0. The first-order valence-corrected chi connectivity index (χ1v) is 6.90. The minimum absolute atomic E-state index is 0.322. The molecule has 1 aliphatic carbocycles. The van der Waals surface area contributed by atoms with Crippen LogP contribution in [0.3, 0.4) is 0 Å². The monoisotopic (exact) mass is 241 g/mol. The van der Waals surface area contributed by atoms with Gasteiger partial charge in [0.05, 0.1) is 6.61 Å². The fraction of sp³-hybridized carbons (Fsp3) is 0.929. The van der Waals surface area contributed by atoms with E-state index < -0.39 is 0 Å². The van der Waals surface area contributed by atoms with Crippen LogP contribution in [0.1, 0.15) is 46.0 Å². The van der Waals surface area contributed by atoms with E-state index in [-0.39, 0.29) is 0 Å². The van der Waals surface area contributed by atoms with Gasteiger partial charge in [-0.1, -0.05) is 26.7 Å². The standard InChI is InChI=1S/C14H27NO2/c1-12(2)11-15(8-9-17-3)14(16)10-13-6-4-5-7-13/h12-13H,4-11H2,1-3H3. The van der Waals surface area contributed by atoms with Crippen molar-refractivity contribution in [3.63, 3.8) is 0 Å². The van der Waals surface area contributed by atoms with Crippen molar-refractivity contribution >= 4 is 5.91 Å². The van der Waals surface area contributed by atoms with E-state index in [1.54, 1.807) is 7.11 Å². The van der Waals surface area contributed by atoms with Crippen molar-refractivity contribution < 1.29 is 9.53 Å². The molecule has 0 atom stereocenters. The molecule has 0 N–H and O–H groups in total. The normalized spacial score (nSPS) is 16.7. The second-order valence-electron chi connectivity index (χ2n) is 5.58. The average Bonchev–Trinajstić information content (AvgIpc) is 2.76. The Bertz CT molecular complexity index is 222. The van der Waals surface area contributed by atoms with Crippen molar-refractivity contribution in [2.45, 2.75) is 46.0 Å². The Balaban J connectivity index is 2.39. The van der Waals surface area contributed by atoms with Gasteiger partial charge in [0.15, 0.2) is 0 Å². The Hall–Kier alpha value is -0.570. The van der Waals surface area contributed by atoms with Crippen LogP contribution in [0.2, 0.25) is 0 Å². The van der Waals surface area contributed by atoms with Gasteiger partial charge in [0.2, 0.25) is 5.91 Å². The van der Waals surface area contributed by atoms with Gasteiger partial charge in [-0.2, -0.15) is 0 Å². The summed E-state index contributed by atoms with van der Waals surface area (Å²) in [6.45, 7) is 6.55. The molecule has 0 radical (unpaired) electrons. The third-order valence-electron chi connectivity index (χ3n) is 3.44. The summed E-state index contributed by atoms with van der Waals surface area (Å²) in [7, 11) is 1.69. The fourth-order valence-electron chi connectivity index (χ4n) is 2.55. The molecule has 0 heterocycles. The van der Waals surface area contributed by atoms with Gasteiger partial charge in [0.25, 0.3) is 0 Å². The highest BCUT2D eigenvalue weighted by Gasteiger charge is 2.22. The number of carbonyl (C=O) groups excluding carboxylic acids is 1. The molecule has 0 aliphatic heterocycles. The maximum Gasteiger partial charge on any atom is 0.222 e. The van der Waals surface area contributed by atoms with E-state index in [9.17, 15) is 4.79 Å². The van der Waals surface area contributed by atoms with E-state index >= 15 is 0 Å². The smallest absolute Gasteiger partial charge is 0.222 e. The van der Waals surface area contributed by atoms with Gasteiger partial charge in [-0.15, -0.1) is 0 Å². The van der Waals surface area contributed by atoms with Crippen molar-refractivity contribution in [3.05, 3.63) is 0 Å². The molecule has 0 aromatic carbocycles. The Labute approximate surface area is 106 Å². The molecule has 1 fully saturated rings. The van der Waals surface area contributed by atoms with Crippen LogP contribution in [0.5, 0.6) is 0 Å². The van der Waals surface area contributed by atoms with Crippen LogP contribution >= 0.6 is 0 Å². The lowest BCUT2D eigenvalue weighted by Crippen LogP contribution is -2.37. The third kappa shape index (κ3) is 5.53. The number of rotatable bonds is 7. The van der Waals surface area contributed by atoms with Gasteiger partial charge in [-0.05, 0) is 24.7 Å². The topological polar surface area (TPSA) is 29.5 Å². The first kappa shape index (κ1) is 14.5. The van der Waals surface area contributed by atoms with Crippen LogP contribution in [0.25, 0.3) is 0 Å². The molecule has 0 bridgehead atoms. The summed E-state index contributed by atoms with van der Waals surface area (Å²) in [4.78, 5) is 14.2. The number of ether oxygens (including phenoxy) is 1. The molecule has 1 amide bonds. The molecule has 1 aliphatic rings. The fourth-order valence-corrected chi connectivity index (χ4v) is 2.55. The van der Waals surface area contributed by atoms with Crippen LogP contribution in [-0.4, -0.2) is 37.6 Å². The summed E-state index contributed by atoms with van der Waals surface area (Å²) in [5.41, 5.74) is 0. The first-order valence-electron chi connectivity index (χ1n) is 6.90. The number of carbonyl (C=O) groups is 1. The predicted molar refractivity (Wildman–Crippen MR) is 69.9 cm³/mol. The van der Waals surface area contributed by atoms with E-state index in [4.69, 9.17) is 4.74 Å². The Kier molecular flexibility index (Phi) is 6.56. The number of methoxy groups -OCH3 is 1. The zero-order chi connectivity index (χ0) is 12.7. The molecule has 1 rings (SSSR count). The summed E-state index contributed by atoms with van der Waals surface area (Å²) in [5.74, 6) is 1.49. The van der Waals surface area contributed by atoms with E-state index in [0.29, 0.717) is 24.3 Å². The third-order valence-corrected chi connectivity index (χ3v) is 3.44. The van der Waals surface area contributed by atoms with E-state index in [1.165, 1.54) is 25.7 Å². The number of hydrogen-bond donors (Lipinski definition) is 0. The van der Waals surface area contributed by atoms with Crippen LogP contribution in [0, 0.1) is 11.8 Å². The molecule has 3 heteroatoms. The largest absolute Gasteiger partial charge is 0.383 e. The average molecular weight is 241 g/mol. The molecule has 1 saturated carbocycles. The molecule has 17 heavy (non-hydrogen) atoms. The maximum absolute atomic E-state index is 12.2. The zero-order valence-corrected chi connectivity index (χ0v) is 11.6. The summed E-state index contributed by atoms with van der Waals surface area (Å²) in [5, 5.41) is 0. The van der Waals surface area contributed by atoms with E-state index in [0.717, 1.165) is 19.5 Å². The maximum atomic E-state index is 12.2. The van der Waals surface area contributed by atoms with Crippen molar-refractivity contribution in [3.8, 4) is 0 Å². The van der Waals surface area contributed by atoms with Crippen molar-refractivity contribution in [2.75, 3.05) is 26.8 Å². The summed E-state index contributed by atoms with van der Waals surface area (Å²) < 4.78 is 5.08. The Morgan fingerprint density at radius 3 is 2.53 bits per heavy atom. The molecule has 0 spiro atoms. The second kappa shape index (κ2) is 7.70. The van der Waals surface area contributed by atoms with Gasteiger partial charge in [-0.25, -0.2) is 0 Å². The minimum atomic E-state index is 0.322. The molecule has 0 aromatic heterocycles. The number of amides is 1. The summed E-state index contributed by atoms with van der Waals surface area (Å²) >= 11 is 0. The molecular formula is C14H27NO2. The van der Waals surface area contributed by atoms with E-state index in [1.807, 2.05) is 4.90 Å². The van der Waals surface area contributed by atoms with Crippen molar-refractivity contribution in [1.29, 1.82) is 0 Å². The second-order valence-corrected chi connectivity index (χ2v) is 5.58. The lowest BCUT2D eigenvalue weighted by molar-refractivity contribution is -0.133. The van der Waals surface area contributed by atoms with Gasteiger partial charge < -0.3 is 9.64 Å². The summed E-state index contributed by atoms with van der Waals surface area (Å²) in [6.07, 6.45) is 5.84. The highest BCUT2D eigenvalue weighted by Crippen LogP contribution is 2.28. The lowest BCUT2D eigenvalue weighted by Gasteiger charge is -2.25. The van der Waals surface area contributed by atoms with Gasteiger partial charge in [0.1, 0.15) is 0 Å². The molecule has 100 valence electrons. The van der Waals surface area contributed by atoms with Gasteiger partial charge in [-0.3, -0.25) is 4.79 Å². The molecule has 0 unspecified atom stereocenters. The molecule has 0 saturated heterocycles. The number of nitrogens with zero attached hydrogens (tertiary/aromatic N) is 1. The van der Waals surface area contributed by atoms with Crippen LogP contribution in [0.15, 0.2) is 0 Å². The van der Waals surface area contributed by atoms with Gasteiger partial charge >= 0.3 is 0 Å². The molecular weight excluding hydrogens is 214 g/mol. The Morgan fingerprint density at radius 1 is 1.35 bits per heavy atom. The quantitative estimate of drug-likeness (QED) is 0.686. The highest BCUT2D eigenvalue weighted by atomic mass is 16.5. The SMILES string of the molecule is COCCN(CC(C)C)C(=O)CC1CCCC1. The predicted octanol–water partition coefficient (Wildman–Crippen LogP) is 2.70. The zero-order valence-electron chi connectivity index (χ0n) is 11.6. The van der Waals surface area contributed by atoms with Crippen LogP contribution < -0.4 is 0 Å². The minimum Gasteiger partial charge on any atom is -0.383 e. The van der Waals surface area contributed by atoms with Crippen LogP contribution in [0.4, 0.5) is 0 Å². The van der Waals surface area contributed by atoms with Crippen molar-refractivity contribution in [2.24, 2.45) is 11.8 Å². The lowest BCUT2D eigenvalue weighted by atomic mass is 10.0. The van der Waals surface area contributed by atoms with E-state index in [2.05, 4.69) is 13.8 Å².